The molecule has 20 heavy (non-hydrogen) atoms. The minimum Gasteiger partial charge on any atom is -0.396 e. The Balaban J connectivity index is 2.98. The topological polar surface area (TPSA) is 66.4 Å². The number of nitrogens with one attached hydrogen (secondary N) is 1. The molecular formula is C15H25NO3S. The van der Waals surface area contributed by atoms with Gasteiger partial charge in [0.05, 0.1) is 4.90 Å². The van der Waals surface area contributed by atoms with Crippen LogP contribution in [0.2, 0.25) is 0 Å². The van der Waals surface area contributed by atoms with Crippen LogP contribution in [0.4, 0.5) is 0 Å². The molecule has 0 aromatic heterocycles. The minimum atomic E-state index is -3.54. The van der Waals surface area contributed by atoms with E-state index in [1.165, 1.54) is 0 Å². The lowest BCUT2D eigenvalue weighted by Gasteiger charge is -2.29. The molecule has 4 nitrogen and oxygen atoms in total. The van der Waals surface area contributed by atoms with Crippen LogP contribution >= 0.6 is 0 Å². The number of sulfonamides is 1. The van der Waals surface area contributed by atoms with Crippen LogP contribution in [0.15, 0.2) is 23.1 Å². The highest BCUT2D eigenvalue weighted by Crippen LogP contribution is 2.25. The summed E-state index contributed by atoms with van der Waals surface area (Å²) in [5, 5.41) is 9.51. The Morgan fingerprint density at radius 3 is 2.30 bits per heavy atom. The molecule has 1 aromatic carbocycles. The molecule has 2 N–H and O–H groups in total. The lowest BCUT2D eigenvalue weighted by atomic mass is 9.84. The third kappa shape index (κ3) is 3.81. The molecule has 0 aliphatic carbocycles. The van der Waals surface area contributed by atoms with Crippen molar-refractivity contribution in [1.29, 1.82) is 0 Å². The van der Waals surface area contributed by atoms with Crippen molar-refractivity contribution in [3.05, 3.63) is 29.3 Å². The molecular weight excluding hydrogens is 274 g/mol. The standard InChI is InChI=1S/C15H25NO3S/c1-5-15(6-2,11-17)10-16-20(18,19)14-9-12(3)7-8-13(14)4/h7-9,16-17H,5-6,10-11H2,1-4H3. The van der Waals surface area contributed by atoms with Crippen LogP contribution in [0.3, 0.4) is 0 Å². The number of rotatable bonds is 7. The zero-order chi connectivity index (χ0) is 15.4. The third-order valence-electron chi connectivity index (χ3n) is 4.11. The highest BCUT2D eigenvalue weighted by molar-refractivity contribution is 7.89. The summed E-state index contributed by atoms with van der Waals surface area (Å²) in [6.07, 6.45) is 1.46. The SMILES string of the molecule is CCC(CC)(CO)CNS(=O)(=O)c1cc(C)ccc1C. The monoisotopic (exact) mass is 299 g/mol. The second-order valence-corrected chi connectivity index (χ2v) is 7.19. The maximum Gasteiger partial charge on any atom is 0.240 e. The maximum absolute atomic E-state index is 12.4. The molecule has 0 atom stereocenters. The number of aliphatic hydroxyl groups excluding tert-OH is 1. The summed E-state index contributed by atoms with van der Waals surface area (Å²) in [6.45, 7) is 7.82. The summed E-state index contributed by atoms with van der Waals surface area (Å²) in [5.41, 5.74) is 1.26. The molecule has 0 aliphatic rings. The van der Waals surface area contributed by atoms with Crippen molar-refractivity contribution in [2.45, 2.75) is 45.4 Å². The van der Waals surface area contributed by atoms with Crippen LogP contribution in [0.25, 0.3) is 0 Å². The molecule has 114 valence electrons. The molecule has 0 amide bonds. The Bertz CT molecular complexity index is 540. The molecule has 0 fully saturated rings. The number of hydrogen-bond acceptors (Lipinski definition) is 3. The van der Waals surface area contributed by atoms with E-state index in [2.05, 4.69) is 4.72 Å². The summed E-state index contributed by atoms with van der Waals surface area (Å²) in [7, 11) is -3.54. The molecule has 0 radical (unpaired) electrons. The summed E-state index contributed by atoms with van der Waals surface area (Å²) in [4.78, 5) is 0.316. The molecule has 1 rings (SSSR count). The van der Waals surface area contributed by atoms with Crippen LogP contribution in [0, 0.1) is 19.3 Å². The van der Waals surface area contributed by atoms with Crippen molar-refractivity contribution >= 4 is 10.0 Å². The van der Waals surface area contributed by atoms with Gasteiger partial charge in [-0.25, -0.2) is 13.1 Å². The molecule has 1 aromatic rings. The molecule has 0 saturated heterocycles. The summed E-state index contributed by atoms with van der Waals surface area (Å²) >= 11 is 0. The fourth-order valence-electron chi connectivity index (χ4n) is 2.10. The van der Waals surface area contributed by atoms with Gasteiger partial charge >= 0.3 is 0 Å². The van der Waals surface area contributed by atoms with Crippen LogP contribution < -0.4 is 4.72 Å². The van der Waals surface area contributed by atoms with Crippen LogP contribution in [0.1, 0.15) is 37.8 Å². The van der Waals surface area contributed by atoms with Gasteiger partial charge in [-0.2, -0.15) is 0 Å². The third-order valence-corrected chi connectivity index (χ3v) is 5.65. The van der Waals surface area contributed by atoms with Crippen molar-refractivity contribution in [1.82, 2.24) is 4.72 Å². The quantitative estimate of drug-likeness (QED) is 0.812. The van der Waals surface area contributed by atoms with E-state index in [4.69, 9.17) is 0 Å². The average molecular weight is 299 g/mol. The van der Waals surface area contributed by atoms with Gasteiger partial charge in [0.15, 0.2) is 0 Å². The Morgan fingerprint density at radius 2 is 1.80 bits per heavy atom. The van der Waals surface area contributed by atoms with Gasteiger partial charge in [-0.05, 0) is 43.9 Å². The summed E-state index contributed by atoms with van der Waals surface area (Å²) in [5.74, 6) is 0. The fourth-order valence-corrected chi connectivity index (χ4v) is 3.59. The number of aliphatic hydroxyl groups is 1. The van der Waals surface area contributed by atoms with Gasteiger partial charge in [-0.15, -0.1) is 0 Å². The maximum atomic E-state index is 12.4. The zero-order valence-electron chi connectivity index (χ0n) is 12.7. The molecule has 0 heterocycles. The molecule has 0 bridgehead atoms. The van der Waals surface area contributed by atoms with Crippen LogP contribution in [0.5, 0.6) is 0 Å². The van der Waals surface area contributed by atoms with Crippen LogP contribution in [-0.2, 0) is 10.0 Å². The zero-order valence-corrected chi connectivity index (χ0v) is 13.5. The van der Waals surface area contributed by atoms with E-state index in [-0.39, 0.29) is 18.6 Å². The highest BCUT2D eigenvalue weighted by Gasteiger charge is 2.28. The first kappa shape index (κ1) is 17.1. The first-order valence-electron chi connectivity index (χ1n) is 6.98. The highest BCUT2D eigenvalue weighted by atomic mass is 32.2. The second kappa shape index (κ2) is 6.70. The van der Waals surface area contributed by atoms with Gasteiger partial charge in [-0.3, -0.25) is 0 Å². The van der Waals surface area contributed by atoms with Gasteiger partial charge in [0.25, 0.3) is 0 Å². The first-order chi connectivity index (χ1) is 9.30. The Kier molecular flexibility index (Phi) is 5.74. The predicted molar refractivity (Wildman–Crippen MR) is 81.2 cm³/mol. The first-order valence-corrected chi connectivity index (χ1v) is 8.46. The predicted octanol–water partition coefficient (Wildman–Crippen LogP) is 2.38. The minimum absolute atomic E-state index is 0.0185. The van der Waals surface area contributed by atoms with E-state index >= 15 is 0 Å². The Labute approximate surface area is 122 Å². The fraction of sp³-hybridized carbons (Fsp3) is 0.600. The molecule has 0 spiro atoms. The van der Waals surface area contributed by atoms with E-state index < -0.39 is 10.0 Å². The van der Waals surface area contributed by atoms with Gasteiger partial charge < -0.3 is 5.11 Å². The van der Waals surface area contributed by atoms with Crippen LogP contribution in [-0.4, -0.2) is 26.7 Å². The summed E-state index contributed by atoms with van der Waals surface area (Å²) < 4.78 is 27.5. The van der Waals surface area contributed by atoms with Gasteiger partial charge in [0.1, 0.15) is 0 Å². The van der Waals surface area contributed by atoms with Gasteiger partial charge in [0, 0.05) is 18.6 Å². The number of benzene rings is 1. The van der Waals surface area contributed by atoms with Gasteiger partial charge in [-0.1, -0.05) is 26.0 Å². The molecule has 0 aliphatic heterocycles. The van der Waals surface area contributed by atoms with E-state index in [0.717, 1.165) is 24.0 Å². The number of hydrogen-bond donors (Lipinski definition) is 2. The van der Waals surface area contributed by atoms with E-state index in [0.29, 0.717) is 4.90 Å². The lowest BCUT2D eigenvalue weighted by Crippen LogP contribution is -2.39. The van der Waals surface area contributed by atoms with E-state index in [1.807, 2.05) is 32.9 Å². The van der Waals surface area contributed by atoms with Crippen molar-refractivity contribution in [3.8, 4) is 0 Å². The molecule has 5 heteroatoms. The Morgan fingerprint density at radius 1 is 1.20 bits per heavy atom. The van der Waals surface area contributed by atoms with Crippen molar-refractivity contribution in [3.63, 3.8) is 0 Å². The largest absolute Gasteiger partial charge is 0.396 e. The number of aryl methyl sites for hydroxylation is 2. The van der Waals surface area contributed by atoms with Crippen molar-refractivity contribution in [2.24, 2.45) is 5.41 Å². The van der Waals surface area contributed by atoms with E-state index in [1.54, 1.807) is 13.0 Å². The Hall–Kier alpha value is -0.910. The smallest absolute Gasteiger partial charge is 0.240 e. The lowest BCUT2D eigenvalue weighted by molar-refractivity contribution is 0.119. The van der Waals surface area contributed by atoms with Gasteiger partial charge in [0.2, 0.25) is 10.0 Å². The molecule has 0 unspecified atom stereocenters. The van der Waals surface area contributed by atoms with Crippen molar-refractivity contribution in [2.75, 3.05) is 13.2 Å². The summed E-state index contributed by atoms with van der Waals surface area (Å²) in [6, 6.07) is 5.38. The average Bonchev–Trinajstić information content (AvgIpc) is 2.43. The van der Waals surface area contributed by atoms with E-state index in [9.17, 15) is 13.5 Å². The molecule has 0 saturated carbocycles. The second-order valence-electron chi connectivity index (χ2n) is 5.46. The van der Waals surface area contributed by atoms with Crippen molar-refractivity contribution < 1.29 is 13.5 Å². The normalized spacial score (nSPS) is 12.7.